The predicted molar refractivity (Wildman–Crippen MR) is 61.9 cm³/mol. The molecule has 0 saturated heterocycles. The number of nitrogens with one attached hydrogen (secondary N) is 1. The summed E-state index contributed by atoms with van der Waals surface area (Å²) in [5.74, 6) is 0.485. The highest BCUT2D eigenvalue weighted by atomic mass is 19.4. The van der Waals surface area contributed by atoms with E-state index in [0.717, 1.165) is 18.7 Å². The molecule has 0 aliphatic rings. The van der Waals surface area contributed by atoms with Gasteiger partial charge in [-0.25, -0.2) is 4.98 Å². The second-order valence-electron chi connectivity index (χ2n) is 4.12. The van der Waals surface area contributed by atoms with Crippen LogP contribution in [0.5, 0.6) is 0 Å². The van der Waals surface area contributed by atoms with Crippen molar-refractivity contribution in [3.63, 3.8) is 0 Å². The van der Waals surface area contributed by atoms with Crippen LogP contribution in [-0.2, 0) is 6.18 Å². The second kappa shape index (κ2) is 5.71. The fraction of sp³-hybridized carbons (Fsp3) is 0.500. The summed E-state index contributed by atoms with van der Waals surface area (Å²) in [7, 11) is 0. The molecule has 0 aliphatic carbocycles. The van der Waals surface area contributed by atoms with Crippen LogP contribution in [0.4, 0.5) is 19.0 Å². The SMILES string of the molecule is CCC(C)CNc1cc(C(F)(F)F)c(C#N)cn1. The van der Waals surface area contributed by atoms with Crippen molar-refractivity contribution < 1.29 is 13.2 Å². The molecule has 1 aromatic heterocycles. The molecule has 1 heterocycles. The monoisotopic (exact) mass is 257 g/mol. The van der Waals surface area contributed by atoms with Gasteiger partial charge in [0, 0.05) is 12.7 Å². The maximum absolute atomic E-state index is 12.7. The Morgan fingerprint density at radius 3 is 2.67 bits per heavy atom. The Morgan fingerprint density at radius 1 is 1.50 bits per heavy atom. The van der Waals surface area contributed by atoms with Crippen molar-refractivity contribution in [1.29, 1.82) is 5.26 Å². The minimum Gasteiger partial charge on any atom is -0.370 e. The molecule has 0 radical (unpaired) electrons. The average molecular weight is 257 g/mol. The summed E-state index contributed by atoms with van der Waals surface area (Å²) in [5, 5.41) is 11.5. The first-order valence-corrected chi connectivity index (χ1v) is 5.59. The van der Waals surface area contributed by atoms with Gasteiger partial charge < -0.3 is 5.32 Å². The summed E-state index contributed by atoms with van der Waals surface area (Å²) < 4.78 is 38.0. The van der Waals surface area contributed by atoms with Crippen molar-refractivity contribution in [2.45, 2.75) is 26.4 Å². The zero-order valence-corrected chi connectivity index (χ0v) is 10.2. The van der Waals surface area contributed by atoms with Crippen LogP contribution < -0.4 is 5.32 Å². The Labute approximate surface area is 104 Å². The lowest BCUT2D eigenvalue weighted by molar-refractivity contribution is -0.137. The van der Waals surface area contributed by atoms with Crippen molar-refractivity contribution in [3.05, 3.63) is 23.4 Å². The molecule has 1 atom stereocenters. The molecule has 1 unspecified atom stereocenters. The summed E-state index contributed by atoms with van der Waals surface area (Å²) in [6.45, 7) is 4.54. The number of anilines is 1. The number of rotatable bonds is 4. The van der Waals surface area contributed by atoms with Gasteiger partial charge in [0.2, 0.25) is 0 Å². The Bertz CT molecular complexity index is 449. The van der Waals surface area contributed by atoms with E-state index >= 15 is 0 Å². The minimum absolute atomic E-state index is 0.140. The lowest BCUT2D eigenvalue weighted by Gasteiger charge is -2.13. The van der Waals surface area contributed by atoms with Crippen LogP contribution in [0, 0.1) is 17.2 Å². The molecular formula is C12H14F3N3. The topological polar surface area (TPSA) is 48.7 Å². The van der Waals surface area contributed by atoms with Crippen LogP contribution in [0.15, 0.2) is 12.3 Å². The summed E-state index contributed by atoms with van der Waals surface area (Å²) in [5.41, 5.74) is -1.41. The third-order valence-electron chi connectivity index (χ3n) is 2.66. The van der Waals surface area contributed by atoms with Crippen molar-refractivity contribution in [2.75, 3.05) is 11.9 Å². The Kier molecular flexibility index (Phi) is 4.54. The normalized spacial score (nSPS) is 12.9. The summed E-state index contributed by atoms with van der Waals surface area (Å²) in [6, 6.07) is 2.37. The van der Waals surface area contributed by atoms with Crippen LogP contribution in [0.2, 0.25) is 0 Å². The first kappa shape index (κ1) is 14.3. The highest BCUT2D eigenvalue weighted by Crippen LogP contribution is 2.32. The van der Waals surface area contributed by atoms with Gasteiger partial charge in [-0.2, -0.15) is 18.4 Å². The van der Waals surface area contributed by atoms with Crippen molar-refractivity contribution in [3.8, 4) is 6.07 Å². The maximum Gasteiger partial charge on any atom is 0.417 e. The highest BCUT2D eigenvalue weighted by Gasteiger charge is 2.34. The molecule has 98 valence electrons. The molecule has 0 amide bonds. The lowest BCUT2D eigenvalue weighted by Crippen LogP contribution is -2.14. The molecule has 0 spiro atoms. The lowest BCUT2D eigenvalue weighted by atomic mass is 10.1. The van der Waals surface area contributed by atoms with Gasteiger partial charge in [0.05, 0.1) is 11.1 Å². The molecule has 0 saturated carbocycles. The molecule has 18 heavy (non-hydrogen) atoms. The molecule has 0 aliphatic heterocycles. The van der Waals surface area contributed by atoms with Gasteiger partial charge in [-0.3, -0.25) is 0 Å². The second-order valence-corrected chi connectivity index (χ2v) is 4.12. The average Bonchev–Trinajstić information content (AvgIpc) is 2.34. The summed E-state index contributed by atoms with van der Waals surface area (Å²) >= 11 is 0. The van der Waals surface area contributed by atoms with E-state index in [2.05, 4.69) is 10.3 Å². The quantitative estimate of drug-likeness (QED) is 0.898. The zero-order valence-electron chi connectivity index (χ0n) is 10.2. The third-order valence-corrected chi connectivity index (χ3v) is 2.66. The van der Waals surface area contributed by atoms with Gasteiger partial charge in [-0.1, -0.05) is 20.3 Å². The molecular weight excluding hydrogens is 243 g/mol. The molecule has 0 bridgehead atoms. The Balaban J connectivity index is 2.94. The molecule has 1 aromatic rings. The molecule has 0 fully saturated rings. The Hall–Kier alpha value is -1.77. The number of hydrogen-bond acceptors (Lipinski definition) is 3. The number of alkyl halides is 3. The van der Waals surface area contributed by atoms with E-state index in [-0.39, 0.29) is 5.82 Å². The van der Waals surface area contributed by atoms with Gasteiger partial charge in [0.15, 0.2) is 0 Å². The third kappa shape index (κ3) is 3.62. The molecule has 1 N–H and O–H groups in total. The van der Waals surface area contributed by atoms with E-state index in [4.69, 9.17) is 5.26 Å². The van der Waals surface area contributed by atoms with E-state index in [1.807, 2.05) is 13.8 Å². The standard InChI is InChI=1S/C12H14F3N3/c1-3-8(2)6-17-11-4-10(12(13,14)15)9(5-16)7-18-11/h4,7-8H,3,6H2,1-2H3,(H,17,18). The zero-order chi connectivity index (χ0) is 13.8. The van der Waals surface area contributed by atoms with Gasteiger partial charge in [-0.15, -0.1) is 0 Å². The highest BCUT2D eigenvalue weighted by molar-refractivity contribution is 5.46. The van der Waals surface area contributed by atoms with Gasteiger partial charge in [0.25, 0.3) is 0 Å². The van der Waals surface area contributed by atoms with Crippen LogP contribution in [0.3, 0.4) is 0 Å². The number of nitrogens with zero attached hydrogens (tertiary/aromatic N) is 2. The summed E-state index contributed by atoms with van der Waals surface area (Å²) in [4.78, 5) is 3.80. The fourth-order valence-corrected chi connectivity index (χ4v) is 1.30. The van der Waals surface area contributed by atoms with Crippen molar-refractivity contribution in [1.82, 2.24) is 4.98 Å². The number of halogens is 3. The van der Waals surface area contributed by atoms with Crippen LogP contribution >= 0.6 is 0 Å². The minimum atomic E-state index is -4.54. The largest absolute Gasteiger partial charge is 0.417 e. The number of pyridine rings is 1. The number of hydrogen-bond donors (Lipinski definition) is 1. The first-order chi connectivity index (χ1) is 8.38. The molecule has 1 rings (SSSR count). The van der Waals surface area contributed by atoms with Crippen LogP contribution in [0.25, 0.3) is 0 Å². The Morgan fingerprint density at radius 2 is 2.17 bits per heavy atom. The van der Waals surface area contributed by atoms with E-state index < -0.39 is 17.3 Å². The van der Waals surface area contributed by atoms with Gasteiger partial charge in [0.1, 0.15) is 11.9 Å². The van der Waals surface area contributed by atoms with E-state index in [9.17, 15) is 13.2 Å². The molecule has 6 heteroatoms. The number of aromatic nitrogens is 1. The fourth-order valence-electron chi connectivity index (χ4n) is 1.30. The molecule has 0 aromatic carbocycles. The van der Waals surface area contributed by atoms with Gasteiger partial charge in [-0.05, 0) is 12.0 Å². The van der Waals surface area contributed by atoms with E-state index in [0.29, 0.717) is 12.5 Å². The molecule has 3 nitrogen and oxygen atoms in total. The van der Waals surface area contributed by atoms with Gasteiger partial charge >= 0.3 is 6.18 Å². The predicted octanol–water partition coefficient (Wildman–Crippen LogP) is 3.43. The van der Waals surface area contributed by atoms with Crippen LogP contribution in [0.1, 0.15) is 31.4 Å². The summed E-state index contributed by atoms with van der Waals surface area (Å²) in [6.07, 6.45) is -2.67. The number of nitriles is 1. The van der Waals surface area contributed by atoms with E-state index in [1.165, 1.54) is 6.07 Å². The maximum atomic E-state index is 12.7. The van der Waals surface area contributed by atoms with Crippen LogP contribution in [-0.4, -0.2) is 11.5 Å². The van der Waals surface area contributed by atoms with Crippen molar-refractivity contribution in [2.24, 2.45) is 5.92 Å². The van der Waals surface area contributed by atoms with E-state index in [1.54, 1.807) is 0 Å². The first-order valence-electron chi connectivity index (χ1n) is 5.59. The van der Waals surface area contributed by atoms with Crippen molar-refractivity contribution >= 4 is 5.82 Å². The smallest absolute Gasteiger partial charge is 0.370 e.